The van der Waals surface area contributed by atoms with Gasteiger partial charge in [-0.05, 0) is 18.4 Å². The lowest BCUT2D eigenvalue weighted by molar-refractivity contribution is -0.384. The summed E-state index contributed by atoms with van der Waals surface area (Å²) in [4.78, 5) is 10.2. The smallest absolute Gasteiger partial charge is 0.270 e. The van der Waals surface area contributed by atoms with Gasteiger partial charge < -0.3 is 15.7 Å². The molecule has 3 N–H and O–H groups in total. The lowest BCUT2D eigenvalue weighted by atomic mass is 10.1. The molecule has 1 fully saturated rings. The Morgan fingerprint density at radius 3 is 2.89 bits per heavy atom. The summed E-state index contributed by atoms with van der Waals surface area (Å²) in [5, 5.41) is 22.3. The Morgan fingerprint density at radius 1 is 1.58 bits per heavy atom. The van der Waals surface area contributed by atoms with E-state index in [9.17, 15) is 10.1 Å². The summed E-state index contributed by atoms with van der Waals surface area (Å²) < 4.78 is 5.55. The van der Waals surface area contributed by atoms with Crippen molar-refractivity contribution in [2.45, 2.75) is 19.3 Å². The summed E-state index contributed by atoms with van der Waals surface area (Å²) >= 11 is 0. The molecule has 2 rings (SSSR count). The third-order valence-electron chi connectivity index (χ3n) is 3.04. The van der Waals surface area contributed by atoms with E-state index in [4.69, 9.17) is 15.7 Å². The molecule has 0 amide bonds. The number of oxime groups is 1. The van der Waals surface area contributed by atoms with Crippen LogP contribution in [0.15, 0.2) is 23.4 Å². The van der Waals surface area contributed by atoms with Gasteiger partial charge in [0.15, 0.2) is 5.84 Å². The minimum absolute atomic E-state index is 0.129. The van der Waals surface area contributed by atoms with Crippen LogP contribution >= 0.6 is 0 Å². The lowest BCUT2D eigenvalue weighted by Gasteiger charge is -2.10. The Balaban J connectivity index is 2.17. The fourth-order valence-electron chi connectivity index (χ4n) is 1.75. The maximum absolute atomic E-state index is 10.7. The van der Waals surface area contributed by atoms with Gasteiger partial charge >= 0.3 is 0 Å². The highest BCUT2D eigenvalue weighted by molar-refractivity contribution is 6.00. The normalized spacial score (nSPS) is 15.3. The van der Waals surface area contributed by atoms with E-state index in [1.807, 2.05) is 0 Å². The number of amidine groups is 1. The molecule has 0 bridgehead atoms. The highest BCUT2D eigenvalue weighted by Crippen LogP contribution is 2.32. The standard InChI is InChI=1S/C12H15N3O4/c13-12(14-16)10-7-9(15(17)18)3-4-11(10)19-6-5-8-1-2-8/h3-4,7-8,16H,1-2,5-6H2,(H2,13,14). The molecule has 0 heterocycles. The zero-order valence-electron chi connectivity index (χ0n) is 10.3. The van der Waals surface area contributed by atoms with Crippen LogP contribution in [0.4, 0.5) is 5.69 Å². The Morgan fingerprint density at radius 2 is 2.32 bits per heavy atom. The number of ether oxygens (including phenoxy) is 1. The van der Waals surface area contributed by atoms with Gasteiger partial charge in [0.05, 0.1) is 17.1 Å². The molecule has 0 saturated heterocycles. The van der Waals surface area contributed by atoms with Crippen LogP contribution < -0.4 is 10.5 Å². The van der Waals surface area contributed by atoms with Crippen molar-refractivity contribution in [3.8, 4) is 5.75 Å². The SMILES string of the molecule is N/C(=N/O)c1cc([N+](=O)[O-])ccc1OCCC1CC1. The van der Waals surface area contributed by atoms with Crippen LogP contribution in [0.25, 0.3) is 0 Å². The first-order valence-corrected chi connectivity index (χ1v) is 6.01. The van der Waals surface area contributed by atoms with Crippen LogP contribution in [-0.2, 0) is 0 Å². The van der Waals surface area contributed by atoms with Crippen LogP contribution in [-0.4, -0.2) is 22.6 Å². The first-order valence-electron chi connectivity index (χ1n) is 6.01. The maximum atomic E-state index is 10.7. The quantitative estimate of drug-likeness (QED) is 0.268. The van der Waals surface area contributed by atoms with Crippen LogP contribution in [0.2, 0.25) is 0 Å². The fraction of sp³-hybridized carbons (Fsp3) is 0.417. The first-order chi connectivity index (χ1) is 9.11. The summed E-state index contributed by atoms with van der Waals surface area (Å²) in [6, 6.07) is 4.04. The molecular formula is C12H15N3O4. The molecular weight excluding hydrogens is 250 g/mol. The average Bonchev–Trinajstić information content (AvgIpc) is 3.22. The van der Waals surface area contributed by atoms with E-state index in [0.29, 0.717) is 12.4 Å². The molecule has 19 heavy (non-hydrogen) atoms. The number of nitrogens with zero attached hydrogens (tertiary/aromatic N) is 2. The number of hydrogen-bond acceptors (Lipinski definition) is 5. The minimum atomic E-state index is -0.540. The molecule has 1 aromatic rings. The number of benzene rings is 1. The topological polar surface area (TPSA) is 111 Å². The van der Waals surface area contributed by atoms with Crippen molar-refractivity contribution in [3.05, 3.63) is 33.9 Å². The van der Waals surface area contributed by atoms with Crippen molar-refractivity contribution >= 4 is 11.5 Å². The molecule has 7 nitrogen and oxygen atoms in total. The van der Waals surface area contributed by atoms with Crippen LogP contribution in [0, 0.1) is 16.0 Å². The van der Waals surface area contributed by atoms with Gasteiger partial charge in [-0.2, -0.15) is 0 Å². The summed E-state index contributed by atoms with van der Waals surface area (Å²) in [6.45, 7) is 0.522. The summed E-state index contributed by atoms with van der Waals surface area (Å²) in [7, 11) is 0. The number of nitro benzene ring substituents is 1. The maximum Gasteiger partial charge on any atom is 0.270 e. The average molecular weight is 265 g/mol. The Labute approximate surface area is 109 Å². The van der Waals surface area contributed by atoms with Crippen LogP contribution in [0.3, 0.4) is 0 Å². The number of hydrogen-bond donors (Lipinski definition) is 2. The zero-order valence-corrected chi connectivity index (χ0v) is 10.3. The number of nitro groups is 1. The molecule has 1 aliphatic rings. The lowest BCUT2D eigenvalue weighted by Crippen LogP contribution is -2.15. The Bertz CT molecular complexity index is 512. The van der Waals surface area contributed by atoms with Crippen molar-refractivity contribution in [1.82, 2.24) is 0 Å². The van der Waals surface area contributed by atoms with Crippen LogP contribution in [0.1, 0.15) is 24.8 Å². The highest BCUT2D eigenvalue weighted by atomic mass is 16.6. The monoisotopic (exact) mass is 265 g/mol. The van der Waals surface area contributed by atoms with E-state index >= 15 is 0 Å². The molecule has 0 aliphatic heterocycles. The molecule has 1 saturated carbocycles. The molecule has 0 radical (unpaired) electrons. The molecule has 0 aromatic heterocycles. The second kappa shape index (κ2) is 5.55. The number of non-ortho nitro benzene ring substituents is 1. The molecule has 0 spiro atoms. The van der Waals surface area contributed by atoms with Crippen molar-refractivity contribution in [1.29, 1.82) is 0 Å². The van der Waals surface area contributed by atoms with Crippen molar-refractivity contribution in [3.63, 3.8) is 0 Å². The van der Waals surface area contributed by atoms with E-state index in [-0.39, 0.29) is 17.1 Å². The van der Waals surface area contributed by atoms with Gasteiger partial charge in [-0.1, -0.05) is 18.0 Å². The largest absolute Gasteiger partial charge is 0.493 e. The van der Waals surface area contributed by atoms with Gasteiger partial charge in [0.1, 0.15) is 5.75 Å². The van der Waals surface area contributed by atoms with Crippen molar-refractivity contribution < 1.29 is 14.9 Å². The van der Waals surface area contributed by atoms with Gasteiger partial charge in [-0.15, -0.1) is 0 Å². The van der Waals surface area contributed by atoms with Gasteiger partial charge in [-0.3, -0.25) is 10.1 Å². The number of rotatable bonds is 6. The molecule has 102 valence electrons. The first kappa shape index (κ1) is 13.1. The molecule has 7 heteroatoms. The molecule has 0 atom stereocenters. The van der Waals surface area contributed by atoms with E-state index in [1.165, 1.54) is 31.0 Å². The molecule has 1 aromatic carbocycles. The van der Waals surface area contributed by atoms with E-state index < -0.39 is 4.92 Å². The minimum Gasteiger partial charge on any atom is -0.493 e. The third-order valence-corrected chi connectivity index (χ3v) is 3.04. The van der Waals surface area contributed by atoms with Gasteiger partial charge in [0, 0.05) is 12.1 Å². The third kappa shape index (κ3) is 3.34. The predicted octanol–water partition coefficient (Wildman–Crippen LogP) is 1.87. The molecule has 1 aliphatic carbocycles. The Hall–Kier alpha value is -2.31. The predicted molar refractivity (Wildman–Crippen MR) is 68.4 cm³/mol. The van der Waals surface area contributed by atoms with E-state index in [1.54, 1.807) is 0 Å². The van der Waals surface area contributed by atoms with Crippen molar-refractivity contribution in [2.24, 2.45) is 16.8 Å². The Kier molecular flexibility index (Phi) is 3.84. The summed E-state index contributed by atoms with van der Waals surface area (Å²) in [5.74, 6) is 0.914. The number of nitrogens with two attached hydrogens (primary N) is 1. The second-order valence-corrected chi connectivity index (χ2v) is 4.50. The van der Waals surface area contributed by atoms with Gasteiger partial charge in [0.2, 0.25) is 0 Å². The van der Waals surface area contributed by atoms with E-state index in [0.717, 1.165) is 12.3 Å². The highest BCUT2D eigenvalue weighted by Gasteiger charge is 2.21. The second-order valence-electron chi connectivity index (χ2n) is 4.50. The summed E-state index contributed by atoms with van der Waals surface area (Å²) in [5.41, 5.74) is 5.61. The fourth-order valence-corrected chi connectivity index (χ4v) is 1.75. The van der Waals surface area contributed by atoms with E-state index in [2.05, 4.69) is 5.16 Å². The van der Waals surface area contributed by atoms with Crippen molar-refractivity contribution in [2.75, 3.05) is 6.61 Å². The van der Waals surface area contributed by atoms with Crippen LogP contribution in [0.5, 0.6) is 5.75 Å². The van der Waals surface area contributed by atoms with Gasteiger partial charge in [-0.25, -0.2) is 0 Å². The van der Waals surface area contributed by atoms with Gasteiger partial charge in [0.25, 0.3) is 5.69 Å². The molecule has 0 unspecified atom stereocenters. The zero-order chi connectivity index (χ0) is 13.8. The summed E-state index contributed by atoms with van der Waals surface area (Å²) in [6.07, 6.45) is 3.42.